The summed E-state index contributed by atoms with van der Waals surface area (Å²) < 4.78 is 7.57. The summed E-state index contributed by atoms with van der Waals surface area (Å²) >= 11 is 0. The molecule has 1 fully saturated rings. The first-order valence-electron chi connectivity index (χ1n) is 7.86. The summed E-state index contributed by atoms with van der Waals surface area (Å²) in [5.74, 6) is 0.652. The number of halogens is 2. The number of aromatic nitrogens is 3. The highest BCUT2D eigenvalue weighted by Gasteiger charge is 2.29. The van der Waals surface area contributed by atoms with Crippen molar-refractivity contribution >= 4 is 36.4 Å². The standard InChI is InChI=1S/C16H21N5O2.2ClH/c1-2-21-10-18-20-15(21)11-4-3-5-12(8-11)19-16(22)14-7-6-13(9-17)23-14;;/h3-5,8,10,13-14H,2,6-7,9,17H2,1H3,(H,19,22);2*1H/t13-,14+;;/m1../s1. The Morgan fingerprint density at radius 3 is 2.88 bits per heavy atom. The molecule has 1 aliphatic heterocycles. The highest BCUT2D eigenvalue weighted by Crippen LogP contribution is 2.23. The number of hydrogen-bond acceptors (Lipinski definition) is 5. The highest BCUT2D eigenvalue weighted by molar-refractivity contribution is 5.94. The van der Waals surface area contributed by atoms with Gasteiger partial charge in [-0.05, 0) is 31.9 Å². The van der Waals surface area contributed by atoms with Crippen LogP contribution in [-0.4, -0.2) is 39.4 Å². The van der Waals surface area contributed by atoms with E-state index in [1.807, 2.05) is 35.8 Å². The molecule has 3 N–H and O–H groups in total. The third-order valence-corrected chi connectivity index (χ3v) is 4.01. The summed E-state index contributed by atoms with van der Waals surface area (Å²) in [5, 5.41) is 11.0. The molecule has 9 heteroatoms. The van der Waals surface area contributed by atoms with E-state index in [0.29, 0.717) is 13.0 Å². The minimum Gasteiger partial charge on any atom is -0.364 e. The van der Waals surface area contributed by atoms with Crippen molar-refractivity contribution in [1.82, 2.24) is 14.8 Å². The minimum absolute atomic E-state index is 0. The van der Waals surface area contributed by atoms with Crippen molar-refractivity contribution in [1.29, 1.82) is 0 Å². The SMILES string of the molecule is CCn1cnnc1-c1cccc(NC(=O)[C@@H]2CC[C@H](CN)O2)c1.Cl.Cl. The molecule has 1 aromatic carbocycles. The van der Waals surface area contributed by atoms with Gasteiger partial charge in [0.05, 0.1) is 6.10 Å². The van der Waals surface area contributed by atoms with Gasteiger partial charge >= 0.3 is 0 Å². The van der Waals surface area contributed by atoms with Crippen LogP contribution in [-0.2, 0) is 16.1 Å². The van der Waals surface area contributed by atoms with Crippen molar-refractivity contribution in [3.8, 4) is 11.4 Å². The van der Waals surface area contributed by atoms with Crippen LogP contribution < -0.4 is 11.1 Å². The first-order valence-corrected chi connectivity index (χ1v) is 7.86. The van der Waals surface area contributed by atoms with Crippen molar-refractivity contribution in [2.24, 2.45) is 5.73 Å². The summed E-state index contributed by atoms with van der Waals surface area (Å²) in [7, 11) is 0. The largest absolute Gasteiger partial charge is 0.364 e. The fourth-order valence-corrected chi connectivity index (χ4v) is 2.74. The van der Waals surface area contributed by atoms with Crippen LogP contribution in [0.2, 0.25) is 0 Å². The Morgan fingerprint density at radius 1 is 1.40 bits per heavy atom. The molecule has 25 heavy (non-hydrogen) atoms. The topological polar surface area (TPSA) is 95.1 Å². The number of rotatable bonds is 5. The molecule has 0 bridgehead atoms. The minimum atomic E-state index is -0.425. The summed E-state index contributed by atoms with van der Waals surface area (Å²) in [6.07, 6.45) is 2.79. The van der Waals surface area contributed by atoms with E-state index >= 15 is 0 Å². The van der Waals surface area contributed by atoms with Gasteiger partial charge in [-0.2, -0.15) is 0 Å². The van der Waals surface area contributed by atoms with Gasteiger partial charge in [0.1, 0.15) is 12.4 Å². The lowest BCUT2D eigenvalue weighted by molar-refractivity contribution is -0.126. The molecular formula is C16H23Cl2N5O2. The highest BCUT2D eigenvalue weighted by atomic mass is 35.5. The number of anilines is 1. The lowest BCUT2D eigenvalue weighted by atomic mass is 10.1. The smallest absolute Gasteiger partial charge is 0.253 e. The van der Waals surface area contributed by atoms with E-state index in [1.165, 1.54) is 0 Å². The van der Waals surface area contributed by atoms with Gasteiger partial charge in [-0.3, -0.25) is 4.79 Å². The molecule has 0 radical (unpaired) electrons. The summed E-state index contributed by atoms with van der Waals surface area (Å²) in [6, 6.07) is 7.58. The molecule has 2 heterocycles. The van der Waals surface area contributed by atoms with Gasteiger partial charge in [-0.1, -0.05) is 12.1 Å². The molecule has 0 unspecified atom stereocenters. The average Bonchev–Trinajstić information content (AvgIpc) is 3.24. The maximum atomic E-state index is 12.3. The fraction of sp³-hybridized carbons (Fsp3) is 0.438. The summed E-state index contributed by atoms with van der Waals surface area (Å²) in [5.41, 5.74) is 7.21. The van der Waals surface area contributed by atoms with E-state index in [-0.39, 0.29) is 36.8 Å². The van der Waals surface area contributed by atoms with Crippen molar-refractivity contribution in [2.75, 3.05) is 11.9 Å². The third kappa shape index (κ3) is 4.92. The molecule has 1 saturated heterocycles. The normalized spacial score (nSPS) is 19.0. The van der Waals surface area contributed by atoms with Crippen molar-refractivity contribution in [2.45, 2.75) is 38.5 Å². The first-order chi connectivity index (χ1) is 11.2. The number of amides is 1. The number of nitrogens with zero attached hydrogens (tertiary/aromatic N) is 3. The van der Waals surface area contributed by atoms with Crippen LogP contribution in [0.1, 0.15) is 19.8 Å². The van der Waals surface area contributed by atoms with Gasteiger partial charge in [0, 0.05) is 24.3 Å². The van der Waals surface area contributed by atoms with E-state index < -0.39 is 6.10 Å². The molecule has 3 rings (SSSR count). The molecule has 0 saturated carbocycles. The lowest BCUT2D eigenvalue weighted by Crippen LogP contribution is -2.29. The van der Waals surface area contributed by atoms with Gasteiger partial charge in [0.15, 0.2) is 5.82 Å². The predicted molar refractivity (Wildman–Crippen MR) is 101 cm³/mol. The molecule has 0 spiro atoms. The van der Waals surface area contributed by atoms with Crippen molar-refractivity contribution in [3.05, 3.63) is 30.6 Å². The second-order valence-electron chi connectivity index (χ2n) is 5.57. The number of hydrogen-bond donors (Lipinski definition) is 2. The maximum Gasteiger partial charge on any atom is 0.253 e. The Balaban J connectivity index is 0.00000156. The molecule has 2 atom stereocenters. The van der Waals surface area contributed by atoms with E-state index in [4.69, 9.17) is 10.5 Å². The number of carbonyl (C=O) groups is 1. The summed E-state index contributed by atoms with van der Waals surface area (Å²) in [4.78, 5) is 12.3. The lowest BCUT2D eigenvalue weighted by Gasteiger charge is -2.13. The number of aryl methyl sites for hydroxylation is 1. The molecule has 1 aromatic heterocycles. The van der Waals surface area contributed by atoms with Crippen molar-refractivity contribution < 1.29 is 9.53 Å². The van der Waals surface area contributed by atoms with Gasteiger partial charge in [-0.25, -0.2) is 0 Å². The third-order valence-electron chi connectivity index (χ3n) is 4.01. The van der Waals surface area contributed by atoms with Crippen LogP contribution in [0.25, 0.3) is 11.4 Å². The average molecular weight is 388 g/mol. The molecule has 7 nitrogen and oxygen atoms in total. The second kappa shape index (κ2) is 9.72. The maximum absolute atomic E-state index is 12.3. The van der Waals surface area contributed by atoms with Crippen LogP contribution in [0.15, 0.2) is 30.6 Å². The first kappa shape index (κ1) is 21.4. The van der Waals surface area contributed by atoms with E-state index in [9.17, 15) is 4.79 Å². The van der Waals surface area contributed by atoms with E-state index in [0.717, 1.165) is 30.0 Å². The van der Waals surface area contributed by atoms with E-state index in [1.54, 1.807) is 6.33 Å². The number of ether oxygens (including phenoxy) is 1. The zero-order valence-corrected chi connectivity index (χ0v) is 15.6. The van der Waals surface area contributed by atoms with Crippen LogP contribution in [0.3, 0.4) is 0 Å². The quantitative estimate of drug-likeness (QED) is 0.819. The van der Waals surface area contributed by atoms with Crippen LogP contribution in [0.4, 0.5) is 5.69 Å². The number of carbonyl (C=O) groups excluding carboxylic acids is 1. The van der Waals surface area contributed by atoms with Gasteiger partial charge < -0.3 is 20.4 Å². The van der Waals surface area contributed by atoms with Crippen LogP contribution in [0.5, 0.6) is 0 Å². The molecule has 2 aromatic rings. The Morgan fingerprint density at radius 2 is 2.20 bits per heavy atom. The Bertz CT molecular complexity index is 695. The predicted octanol–water partition coefficient (Wildman–Crippen LogP) is 2.25. The van der Waals surface area contributed by atoms with Gasteiger partial charge in [0.25, 0.3) is 5.91 Å². The number of benzene rings is 1. The fourth-order valence-electron chi connectivity index (χ4n) is 2.74. The van der Waals surface area contributed by atoms with Crippen LogP contribution in [0, 0.1) is 0 Å². The number of nitrogens with one attached hydrogen (secondary N) is 1. The number of nitrogens with two attached hydrogens (primary N) is 1. The monoisotopic (exact) mass is 387 g/mol. The Labute approximate surface area is 159 Å². The molecule has 0 aliphatic carbocycles. The van der Waals surface area contributed by atoms with Crippen LogP contribution >= 0.6 is 24.8 Å². The van der Waals surface area contributed by atoms with Gasteiger partial charge in [-0.15, -0.1) is 35.0 Å². The molecular weight excluding hydrogens is 365 g/mol. The second-order valence-corrected chi connectivity index (χ2v) is 5.57. The zero-order valence-electron chi connectivity index (χ0n) is 13.9. The Kier molecular flexibility index (Phi) is 8.31. The van der Waals surface area contributed by atoms with Gasteiger partial charge in [0.2, 0.25) is 0 Å². The Hall–Kier alpha value is -1.67. The molecule has 1 aliphatic rings. The zero-order chi connectivity index (χ0) is 16.2. The van der Waals surface area contributed by atoms with E-state index in [2.05, 4.69) is 15.5 Å². The molecule has 138 valence electrons. The summed E-state index contributed by atoms with van der Waals surface area (Å²) in [6.45, 7) is 3.27. The molecule has 1 amide bonds. The van der Waals surface area contributed by atoms with Crippen molar-refractivity contribution in [3.63, 3.8) is 0 Å².